The Kier molecular flexibility index (Phi) is 10.1. The van der Waals surface area contributed by atoms with Crippen molar-refractivity contribution in [1.82, 2.24) is 4.90 Å². The summed E-state index contributed by atoms with van der Waals surface area (Å²) in [5.74, 6) is 6.05. The number of hydrogen-bond acceptors (Lipinski definition) is 3. The third-order valence-electron chi connectivity index (χ3n) is 1.93. The molecule has 0 bridgehead atoms. The van der Waals surface area contributed by atoms with Gasteiger partial charge in [0.05, 0.1) is 19.8 Å². The van der Waals surface area contributed by atoms with Crippen molar-refractivity contribution in [2.45, 2.75) is 13.8 Å². The maximum absolute atomic E-state index is 5.21. The largest absolute Gasteiger partial charge is 0.382 e. The van der Waals surface area contributed by atoms with Crippen molar-refractivity contribution < 1.29 is 9.47 Å². The van der Waals surface area contributed by atoms with Crippen LogP contribution in [0.5, 0.6) is 0 Å². The summed E-state index contributed by atoms with van der Waals surface area (Å²) in [5, 5.41) is 0. The topological polar surface area (TPSA) is 21.7 Å². The van der Waals surface area contributed by atoms with Crippen LogP contribution in [0, 0.1) is 11.8 Å². The van der Waals surface area contributed by atoms with Gasteiger partial charge in [-0.15, -0.1) is 0 Å². The minimum Gasteiger partial charge on any atom is -0.382 e. The average molecular weight is 199 g/mol. The Balaban J connectivity index is 3.33. The summed E-state index contributed by atoms with van der Waals surface area (Å²) in [5.41, 5.74) is 0. The predicted octanol–water partition coefficient (Wildman–Crippen LogP) is 0.995. The summed E-state index contributed by atoms with van der Waals surface area (Å²) in [4.78, 5) is 2.27. The zero-order valence-electron chi connectivity index (χ0n) is 9.51. The molecule has 3 nitrogen and oxygen atoms in total. The molecule has 0 aliphatic rings. The summed E-state index contributed by atoms with van der Waals surface area (Å²) in [7, 11) is 1.66. The van der Waals surface area contributed by atoms with Crippen molar-refractivity contribution >= 4 is 0 Å². The highest BCUT2D eigenvalue weighted by Crippen LogP contribution is 1.83. The molecule has 0 amide bonds. The van der Waals surface area contributed by atoms with Crippen LogP contribution in [0.3, 0.4) is 0 Å². The Labute approximate surface area is 87.4 Å². The molecule has 0 saturated heterocycles. The van der Waals surface area contributed by atoms with Crippen LogP contribution < -0.4 is 0 Å². The highest BCUT2D eigenvalue weighted by molar-refractivity contribution is 5.01. The van der Waals surface area contributed by atoms with Gasteiger partial charge in [-0.3, -0.25) is 4.90 Å². The first-order chi connectivity index (χ1) is 6.85. The standard InChI is InChI=1S/C11H21NO2/c1-4-12(5-2)8-6-7-9-14-11-10-13-3/h4-5,8-11H2,1-3H3. The van der Waals surface area contributed by atoms with Crippen LogP contribution in [0.15, 0.2) is 0 Å². The second kappa shape index (κ2) is 10.5. The number of ether oxygens (including phenoxy) is 2. The first-order valence-corrected chi connectivity index (χ1v) is 5.09. The van der Waals surface area contributed by atoms with Crippen LogP contribution in [-0.2, 0) is 9.47 Å². The molecular formula is C11H21NO2. The average Bonchev–Trinajstić information content (AvgIpc) is 2.22. The molecule has 0 unspecified atom stereocenters. The highest BCUT2D eigenvalue weighted by Gasteiger charge is 1.92. The van der Waals surface area contributed by atoms with Crippen molar-refractivity contribution in [3.05, 3.63) is 0 Å². The number of methoxy groups -OCH3 is 1. The van der Waals surface area contributed by atoms with Crippen LogP contribution >= 0.6 is 0 Å². The van der Waals surface area contributed by atoms with Crippen molar-refractivity contribution in [2.75, 3.05) is 46.6 Å². The van der Waals surface area contributed by atoms with E-state index in [-0.39, 0.29) is 0 Å². The Morgan fingerprint density at radius 1 is 1.07 bits per heavy atom. The molecule has 0 heterocycles. The SMILES string of the molecule is CCN(CC)CC#CCOCCOC. The minimum absolute atomic E-state index is 0.505. The van der Waals surface area contributed by atoms with Crippen molar-refractivity contribution in [3.8, 4) is 11.8 Å². The molecule has 0 aliphatic carbocycles. The van der Waals surface area contributed by atoms with E-state index >= 15 is 0 Å². The van der Waals surface area contributed by atoms with E-state index in [4.69, 9.17) is 9.47 Å². The summed E-state index contributed by atoms with van der Waals surface area (Å²) >= 11 is 0. The third-order valence-corrected chi connectivity index (χ3v) is 1.93. The molecule has 0 radical (unpaired) electrons. The van der Waals surface area contributed by atoms with Gasteiger partial charge in [-0.05, 0) is 13.1 Å². The van der Waals surface area contributed by atoms with Gasteiger partial charge in [0, 0.05) is 7.11 Å². The molecule has 0 spiro atoms. The fourth-order valence-electron chi connectivity index (χ4n) is 0.931. The molecule has 0 aromatic carbocycles. The Morgan fingerprint density at radius 2 is 1.79 bits per heavy atom. The smallest absolute Gasteiger partial charge is 0.107 e. The van der Waals surface area contributed by atoms with Gasteiger partial charge < -0.3 is 9.47 Å². The lowest BCUT2D eigenvalue weighted by atomic mass is 10.4. The molecule has 0 rings (SSSR count). The van der Waals surface area contributed by atoms with Gasteiger partial charge in [0.15, 0.2) is 0 Å². The van der Waals surface area contributed by atoms with Crippen molar-refractivity contribution in [2.24, 2.45) is 0 Å². The Morgan fingerprint density at radius 3 is 2.36 bits per heavy atom. The Bertz CT molecular complexity index is 168. The van der Waals surface area contributed by atoms with Gasteiger partial charge in [0.25, 0.3) is 0 Å². The van der Waals surface area contributed by atoms with E-state index < -0.39 is 0 Å². The second-order valence-electron chi connectivity index (χ2n) is 2.86. The minimum atomic E-state index is 0.505. The summed E-state index contributed by atoms with van der Waals surface area (Å²) in [6.45, 7) is 8.98. The number of hydrogen-bond donors (Lipinski definition) is 0. The number of nitrogens with zero attached hydrogens (tertiary/aromatic N) is 1. The quantitative estimate of drug-likeness (QED) is 0.451. The molecule has 0 aliphatic heterocycles. The van der Waals surface area contributed by atoms with Crippen LogP contribution in [0.2, 0.25) is 0 Å². The van der Waals surface area contributed by atoms with Crippen LogP contribution in [0.25, 0.3) is 0 Å². The summed E-state index contributed by atoms with van der Waals surface area (Å²) in [6, 6.07) is 0. The molecule has 0 aromatic heterocycles. The molecule has 0 N–H and O–H groups in total. The maximum atomic E-state index is 5.21. The molecule has 3 heteroatoms. The van der Waals surface area contributed by atoms with Crippen LogP contribution in [0.1, 0.15) is 13.8 Å². The van der Waals surface area contributed by atoms with Crippen LogP contribution in [-0.4, -0.2) is 51.5 Å². The maximum Gasteiger partial charge on any atom is 0.107 e. The zero-order valence-corrected chi connectivity index (χ0v) is 9.51. The van der Waals surface area contributed by atoms with Gasteiger partial charge in [0.2, 0.25) is 0 Å². The Hall–Kier alpha value is -0.560. The first-order valence-electron chi connectivity index (χ1n) is 5.09. The molecule has 0 aromatic rings. The fraction of sp³-hybridized carbons (Fsp3) is 0.818. The lowest BCUT2D eigenvalue weighted by Crippen LogP contribution is -2.22. The van der Waals surface area contributed by atoms with E-state index in [2.05, 4.69) is 30.6 Å². The van der Waals surface area contributed by atoms with E-state index in [1.807, 2.05) is 0 Å². The highest BCUT2D eigenvalue weighted by atomic mass is 16.5. The van der Waals surface area contributed by atoms with E-state index in [9.17, 15) is 0 Å². The predicted molar refractivity (Wildman–Crippen MR) is 58.3 cm³/mol. The molecule has 0 saturated carbocycles. The second-order valence-corrected chi connectivity index (χ2v) is 2.86. The van der Waals surface area contributed by atoms with Gasteiger partial charge in [-0.2, -0.15) is 0 Å². The van der Waals surface area contributed by atoms with Gasteiger partial charge >= 0.3 is 0 Å². The van der Waals surface area contributed by atoms with E-state index in [0.717, 1.165) is 19.6 Å². The van der Waals surface area contributed by atoms with Gasteiger partial charge in [-0.25, -0.2) is 0 Å². The zero-order chi connectivity index (χ0) is 10.6. The lowest BCUT2D eigenvalue weighted by molar-refractivity contribution is 0.0877. The molecule has 14 heavy (non-hydrogen) atoms. The molecular weight excluding hydrogens is 178 g/mol. The fourth-order valence-corrected chi connectivity index (χ4v) is 0.931. The third kappa shape index (κ3) is 8.06. The van der Waals surface area contributed by atoms with Crippen LogP contribution in [0.4, 0.5) is 0 Å². The van der Waals surface area contributed by atoms with Gasteiger partial charge in [0.1, 0.15) is 6.61 Å². The van der Waals surface area contributed by atoms with E-state index in [0.29, 0.717) is 19.8 Å². The molecule has 0 atom stereocenters. The monoisotopic (exact) mass is 199 g/mol. The van der Waals surface area contributed by atoms with Crippen molar-refractivity contribution in [3.63, 3.8) is 0 Å². The van der Waals surface area contributed by atoms with E-state index in [1.54, 1.807) is 7.11 Å². The van der Waals surface area contributed by atoms with Crippen molar-refractivity contribution in [1.29, 1.82) is 0 Å². The normalized spacial score (nSPS) is 10.0. The first kappa shape index (κ1) is 13.4. The molecule has 0 fully saturated rings. The van der Waals surface area contributed by atoms with Gasteiger partial charge in [-0.1, -0.05) is 25.7 Å². The lowest BCUT2D eigenvalue weighted by Gasteiger charge is -2.13. The summed E-state index contributed by atoms with van der Waals surface area (Å²) < 4.78 is 10.0. The summed E-state index contributed by atoms with van der Waals surface area (Å²) in [6.07, 6.45) is 0. The molecule has 82 valence electrons. The number of rotatable bonds is 7. The van der Waals surface area contributed by atoms with E-state index in [1.165, 1.54) is 0 Å².